The molecule has 0 amide bonds. The van der Waals surface area contributed by atoms with Gasteiger partial charge < -0.3 is 10.5 Å². The lowest BCUT2D eigenvalue weighted by atomic mass is 10.1. The molecule has 1 rings (SSSR count). The van der Waals surface area contributed by atoms with Crippen molar-refractivity contribution in [2.75, 3.05) is 0 Å². The van der Waals surface area contributed by atoms with Crippen LogP contribution >= 0.6 is 0 Å². The topological polar surface area (TPSA) is 35.2 Å². The molecule has 0 aliphatic carbocycles. The van der Waals surface area contributed by atoms with Crippen LogP contribution in [0.3, 0.4) is 0 Å². The van der Waals surface area contributed by atoms with E-state index in [0.717, 1.165) is 0 Å². The van der Waals surface area contributed by atoms with E-state index in [4.69, 9.17) is 5.73 Å². The minimum Gasteiger partial charge on any atom is -0.406 e. The normalized spacial score (nSPS) is 14.4. The minimum absolute atomic E-state index is 0.189. The van der Waals surface area contributed by atoms with E-state index in [1.807, 2.05) is 0 Å². The highest BCUT2D eigenvalue weighted by Crippen LogP contribution is 2.33. The Kier molecular flexibility index (Phi) is 3.75. The van der Waals surface area contributed by atoms with Crippen molar-refractivity contribution in [2.45, 2.75) is 18.6 Å². The summed E-state index contributed by atoms with van der Waals surface area (Å²) in [4.78, 5) is 0. The lowest BCUT2D eigenvalue weighted by molar-refractivity contribution is -0.274. The standard InChI is InChI=1S/C9H6F7NO/c10-6-3-4(18-9(14,15)16)1-2-5(6)7(17)8(11,12)13/h1-3,7H,17H2/t7-/m1/s1. The fraction of sp³-hybridized carbons (Fsp3) is 0.333. The van der Waals surface area contributed by atoms with Crippen LogP contribution in [0.1, 0.15) is 11.6 Å². The molecule has 0 spiro atoms. The zero-order chi connectivity index (χ0) is 14.1. The molecule has 9 heteroatoms. The van der Waals surface area contributed by atoms with E-state index in [9.17, 15) is 30.7 Å². The van der Waals surface area contributed by atoms with Crippen LogP contribution in [0.15, 0.2) is 18.2 Å². The molecule has 2 nitrogen and oxygen atoms in total. The Morgan fingerprint density at radius 3 is 2.00 bits per heavy atom. The van der Waals surface area contributed by atoms with E-state index in [0.29, 0.717) is 12.1 Å². The maximum absolute atomic E-state index is 13.2. The Morgan fingerprint density at radius 2 is 1.61 bits per heavy atom. The van der Waals surface area contributed by atoms with Gasteiger partial charge >= 0.3 is 12.5 Å². The first-order chi connectivity index (χ1) is 8.00. The van der Waals surface area contributed by atoms with Gasteiger partial charge in [0.15, 0.2) is 0 Å². The van der Waals surface area contributed by atoms with Gasteiger partial charge in [0.05, 0.1) is 0 Å². The van der Waals surface area contributed by atoms with Crippen molar-refractivity contribution < 1.29 is 35.5 Å². The summed E-state index contributed by atoms with van der Waals surface area (Å²) in [5.74, 6) is -2.49. The van der Waals surface area contributed by atoms with Gasteiger partial charge in [-0.25, -0.2) is 4.39 Å². The van der Waals surface area contributed by atoms with Gasteiger partial charge in [-0.1, -0.05) is 6.07 Å². The van der Waals surface area contributed by atoms with Crippen molar-refractivity contribution >= 4 is 0 Å². The smallest absolute Gasteiger partial charge is 0.406 e. The van der Waals surface area contributed by atoms with Crippen LogP contribution in [0.4, 0.5) is 30.7 Å². The number of benzene rings is 1. The molecule has 0 saturated carbocycles. The first-order valence-electron chi connectivity index (χ1n) is 4.38. The zero-order valence-electron chi connectivity index (χ0n) is 8.44. The molecule has 1 aromatic rings. The number of ether oxygens (including phenoxy) is 1. The van der Waals surface area contributed by atoms with E-state index in [1.54, 1.807) is 0 Å². The summed E-state index contributed by atoms with van der Waals surface area (Å²) in [5.41, 5.74) is 3.76. The van der Waals surface area contributed by atoms with Crippen LogP contribution in [0, 0.1) is 5.82 Å². The zero-order valence-corrected chi connectivity index (χ0v) is 8.44. The highest BCUT2D eigenvalue weighted by molar-refractivity contribution is 5.31. The van der Waals surface area contributed by atoms with Crippen LogP contribution in [-0.4, -0.2) is 12.5 Å². The average molecular weight is 277 g/mol. The minimum atomic E-state index is -5.06. The predicted molar refractivity (Wildman–Crippen MR) is 46.1 cm³/mol. The quantitative estimate of drug-likeness (QED) is 0.842. The number of alkyl halides is 6. The number of halogens is 7. The maximum Gasteiger partial charge on any atom is 0.573 e. The fourth-order valence-corrected chi connectivity index (χ4v) is 1.13. The van der Waals surface area contributed by atoms with Gasteiger partial charge in [0.2, 0.25) is 0 Å². The van der Waals surface area contributed by atoms with E-state index in [1.165, 1.54) is 0 Å². The second-order valence-electron chi connectivity index (χ2n) is 3.25. The number of hydrogen-bond acceptors (Lipinski definition) is 2. The second-order valence-corrected chi connectivity index (χ2v) is 3.25. The van der Waals surface area contributed by atoms with Gasteiger partial charge in [-0.3, -0.25) is 0 Å². The Labute approximate surface area is 96.1 Å². The summed E-state index contributed by atoms with van der Waals surface area (Å²) in [5, 5.41) is 0. The first-order valence-corrected chi connectivity index (χ1v) is 4.38. The third kappa shape index (κ3) is 3.76. The average Bonchev–Trinajstić information content (AvgIpc) is 2.12. The highest BCUT2D eigenvalue weighted by atomic mass is 19.4. The number of rotatable bonds is 2. The van der Waals surface area contributed by atoms with Gasteiger partial charge in [-0.15, -0.1) is 13.2 Å². The molecule has 18 heavy (non-hydrogen) atoms. The monoisotopic (exact) mass is 277 g/mol. The molecule has 102 valence electrons. The Bertz CT molecular complexity index is 426. The van der Waals surface area contributed by atoms with Gasteiger partial charge in [0.25, 0.3) is 0 Å². The summed E-state index contributed by atoms with van der Waals surface area (Å²) in [6.45, 7) is 0. The van der Waals surface area contributed by atoms with Crippen LogP contribution in [0.25, 0.3) is 0 Å². The molecule has 0 aromatic heterocycles. The molecule has 0 bridgehead atoms. The molecule has 1 atom stereocenters. The molecule has 0 radical (unpaired) electrons. The fourth-order valence-electron chi connectivity index (χ4n) is 1.13. The summed E-state index contributed by atoms with van der Waals surface area (Å²) in [6, 6.07) is -1.38. The van der Waals surface area contributed by atoms with Crippen LogP contribution in [0.2, 0.25) is 0 Å². The predicted octanol–water partition coefficient (Wildman–Crippen LogP) is 3.29. The van der Waals surface area contributed by atoms with Gasteiger partial charge in [-0.05, 0) is 6.07 Å². The first kappa shape index (κ1) is 14.6. The lowest BCUT2D eigenvalue weighted by Crippen LogP contribution is -2.29. The molecular formula is C9H6F7NO. The molecule has 1 aromatic carbocycles. The molecular weight excluding hydrogens is 271 g/mol. The molecule has 0 unspecified atom stereocenters. The third-order valence-electron chi connectivity index (χ3n) is 1.89. The second kappa shape index (κ2) is 4.63. The largest absolute Gasteiger partial charge is 0.573 e. The maximum atomic E-state index is 13.2. The molecule has 0 fully saturated rings. The van der Waals surface area contributed by atoms with Gasteiger partial charge in [0.1, 0.15) is 17.6 Å². The Balaban J connectivity index is 3.00. The summed E-state index contributed by atoms with van der Waals surface area (Å²) >= 11 is 0. The lowest BCUT2D eigenvalue weighted by Gasteiger charge is -2.17. The van der Waals surface area contributed by atoms with E-state index in [-0.39, 0.29) is 6.07 Å². The van der Waals surface area contributed by atoms with E-state index in [2.05, 4.69) is 4.74 Å². The molecule has 0 aliphatic rings. The molecule has 0 saturated heterocycles. The highest BCUT2D eigenvalue weighted by Gasteiger charge is 2.39. The van der Waals surface area contributed by atoms with Gasteiger partial charge in [-0.2, -0.15) is 13.2 Å². The van der Waals surface area contributed by atoms with Crippen molar-refractivity contribution in [2.24, 2.45) is 5.73 Å². The van der Waals surface area contributed by atoms with Crippen LogP contribution in [-0.2, 0) is 0 Å². The molecule has 2 N–H and O–H groups in total. The van der Waals surface area contributed by atoms with Crippen molar-refractivity contribution in [3.05, 3.63) is 29.6 Å². The van der Waals surface area contributed by atoms with Gasteiger partial charge in [0, 0.05) is 11.6 Å². The van der Waals surface area contributed by atoms with Crippen LogP contribution < -0.4 is 10.5 Å². The van der Waals surface area contributed by atoms with Crippen molar-refractivity contribution in [3.8, 4) is 5.75 Å². The Morgan fingerprint density at radius 1 is 1.06 bits per heavy atom. The number of nitrogens with two attached hydrogens (primary N) is 1. The van der Waals surface area contributed by atoms with Crippen LogP contribution in [0.5, 0.6) is 5.75 Å². The van der Waals surface area contributed by atoms with Crippen molar-refractivity contribution in [1.82, 2.24) is 0 Å². The summed E-state index contributed by atoms with van der Waals surface area (Å²) in [6.07, 6.45) is -9.95. The number of hydrogen-bond donors (Lipinski definition) is 1. The molecule has 0 aliphatic heterocycles. The molecule has 0 heterocycles. The summed E-state index contributed by atoms with van der Waals surface area (Å²) in [7, 11) is 0. The summed E-state index contributed by atoms with van der Waals surface area (Å²) < 4.78 is 88.4. The van der Waals surface area contributed by atoms with E-state index >= 15 is 0 Å². The SMILES string of the molecule is N[C@H](c1ccc(OC(F)(F)F)cc1F)C(F)(F)F. The van der Waals surface area contributed by atoms with Crippen molar-refractivity contribution in [1.29, 1.82) is 0 Å². The van der Waals surface area contributed by atoms with Crippen molar-refractivity contribution in [3.63, 3.8) is 0 Å². The Hall–Kier alpha value is -1.51. The van der Waals surface area contributed by atoms with E-state index < -0.39 is 35.7 Å². The third-order valence-corrected chi connectivity index (χ3v) is 1.89.